The Kier molecular flexibility index (Phi) is 13.1. The van der Waals surface area contributed by atoms with E-state index in [2.05, 4.69) is 41.7 Å². The maximum Gasteiger partial charge on any atom is 0.408 e. The lowest BCUT2D eigenvalue weighted by molar-refractivity contribution is -0.136. The second kappa shape index (κ2) is 18.6. The first kappa shape index (κ1) is 42.3. The minimum Gasteiger partial charge on any atom is -0.465 e. The van der Waals surface area contributed by atoms with E-state index in [0.29, 0.717) is 73.9 Å². The number of fused-ring (bicyclic) bond motifs is 1. The molecule has 1 unspecified atom stereocenters. The van der Waals surface area contributed by atoms with Gasteiger partial charge in [-0.3, -0.25) is 48.6 Å². The summed E-state index contributed by atoms with van der Waals surface area (Å²) in [4.78, 5) is 98.5. The van der Waals surface area contributed by atoms with E-state index >= 15 is 0 Å². The number of unbranched alkanes of at least 4 members (excludes halogenated alkanes) is 1. The van der Waals surface area contributed by atoms with Crippen molar-refractivity contribution in [3.05, 3.63) is 45.3 Å². The molecule has 2 saturated carbocycles. The molecule has 21 heteroatoms. The number of thiophene rings is 1. The maximum atomic E-state index is 14.9. The van der Waals surface area contributed by atoms with Crippen LogP contribution in [0.5, 0.6) is 0 Å². The highest BCUT2D eigenvalue weighted by atomic mass is 32.1. The summed E-state index contributed by atoms with van der Waals surface area (Å²) in [6, 6.07) is -1.46. The molecule has 4 aliphatic rings. The second-order valence-electron chi connectivity index (χ2n) is 15.6. The third-order valence-corrected chi connectivity index (χ3v) is 12.4. The average Bonchev–Trinajstić information content (AvgIpc) is 3.75. The van der Waals surface area contributed by atoms with Gasteiger partial charge in [0, 0.05) is 53.6 Å². The number of aromatic nitrogens is 4. The number of hydrogen-bond donors (Lipinski definition) is 6. The molecule has 7 rings (SSSR count). The van der Waals surface area contributed by atoms with E-state index in [1.807, 2.05) is 7.05 Å². The largest absolute Gasteiger partial charge is 0.465 e. The van der Waals surface area contributed by atoms with Crippen LogP contribution in [-0.2, 0) is 39.2 Å². The molecule has 0 spiro atoms. The van der Waals surface area contributed by atoms with Crippen molar-refractivity contribution in [2.75, 3.05) is 31.5 Å². The van der Waals surface area contributed by atoms with Crippen molar-refractivity contribution in [1.29, 1.82) is 0 Å². The van der Waals surface area contributed by atoms with Crippen LogP contribution < -0.4 is 26.6 Å². The SMILES string of the molecule is Cn1ncc(-c2nc(N[C@H]3CC[C@H](N(CC(=O)NCCCCNCC(=O)NCc4scc5c4C(=O)N(C4CCC(=O)NC4=O)C5=O)C(=O)O)CC3)ncc2F)c1CC1CC1. The Hall–Kier alpha value is -5.83. The first-order valence-electron chi connectivity index (χ1n) is 20.2. The van der Waals surface area contributed by atoms with Gasteiger partial charge in [-0.15, -0.1) is 11.3 Å². The summed E-state index contributed by atoms with van der Waals surface area (Å²) in [5.41, 5.74) is 2.12. The number of nitrogens with zero attached hydrogens (tertiary/aromatic N) is 6. The van der Waals surface area contributed by atoms with Gasteiger partial charge in [-0.2, -0.15) is 5.10 Å². The van der Waals surface area contributed by atoms with Gasteiger partial charge in [0.05, 0.1) is 36.6 Å². The number of imide groups is 2. The van der Waals surface area contributed by atoms with E-state index in [1.165, 1.54) is 10.3 Å². The van der Waals surface area contributed by atoms with Crippen LogP contribution in [0.4, 0.5) is 15.1 Å². The molecule has 0 aromatic carbocycles. The highest BCUT2D eigenvalue weighted by Crippen LogP contribution is 2.36. The number of amides is 7. The summed E-state index contributed by atoms with van der Waals surface area (Å²) >= 11 is 1.16. The zero-order valence-corrected chi connectivity index (χ0v) is 33.9. The second-order valence-corrected chi connectivity index (χ2v) is 16.6. The number of aryl methyl sites for hydroxylation is 1. The Bertz CT molecular complexity index is 2170. The van der Waals surface area contributed by atoms with Gasteiger partial charge in [0.25, 0.3) is 11.8 Å². The van der Waals surface area contributed by atoms with Crippen molar-refractivity contribution in [2.45, 2.75) is 95.3 Å². The fourth-order valence-corrected chi connectivity index (χ4v) is 8.87. The van der Waals surface area contributed by atoms with E-state index in [-0.39, 0.29) is 67.3 Å². The minimum atomic E-state index is -1.17. The summed E-state index contributed by atoms with van der Waals surface area (Å²) in [6.45, 7) is 0.506. The average molecular weight is 850 g/mol. The standard InChI is InChI=1S/C39H48FN11O8S/c1-49-28(14-21-4-5-21)24(15-45-49)34-26(40)16-44-38(48-34)46-22-6-8-23(9-7-22)50(39(58)59)19-32(54)42-13-3-2-12-41-18-31(53)43-17-29-33-25(20-60-29)36(56)51(37(33)57)27-10-11-30(52)47-35(27)55/h15-16,20-23,27,41H,2-14,17-19H2,1H3,(H,42,54)(H,43,53)(H,58,59)(H,44,46,48)(H,47,52,55)/t22-,23-,27?. The lowest BCUT2D eigenvalue weighted by atomic mass is 9.90. The Balaban J connectivity index is 0.774. The summed E-state index contributed by atoms with van der Waals surface area (Å²) in [6.07, 6.45) is 8.30. The predicted octanol–water partition coefficient (Wildman–Crippen LogP) is 1.94. The minimum absolute atomic E-state index is 0.00884. The topological polar surface area (TPSA) is 250 Å². The van der Waals surface area contributed by atoms with Crippen LogP contribution in [-0.4, -0.2) is 120 Å². The predicted molar refractivity (Wildman–Crippen MR) is 213 cm³/mol. The molecule has 3 fully saturated rings. The number of rotatable bonds is 18. The monoisotopic (exact) mass is 849 g/mol. The van der Waals surface area contributed by atoms with Gasteiger partial charge in [0.1, 0.15) is 18.3 Å². The summed E-state index contributed by atoms with van der Waals surface area (Å²) < 4.78 is 16.7. The summed E-state index contributed by atoms with van der Waals surface area (Å²) in [5.74, 6) is -2.76. The number of piperidine rings is 1. The first-order valence-corrected chi connectivity index (χ1v) is 21.1. The van der Waals surface area contributed by atoms with Gasteiger partial charge < -0.3 is 26.4 Å². The molecule has 19 nitrogen and oxygen atoms in total. The molecule has 3 aromatic rings. The third-order valence-electron chi connectivity index (χ3n) is 11.4. The molecule has 320 valence electrons. The van der Waals surface area contributed by atoms with Crippen molar-refractivity contribution in [1.82, 2.24) is 50.8 Å². The molecule has 0 bridgehead atoms. The summed E-state index contributed by atoms with van der Waals surface area (Å²) in [5, 5.41) is 29.8. The van der Waals surface area contributed by atoms with E-state index < -0.39 is 47.5 Å². The number of carbonyl (C=O) groups excluding carboxylic acids is 6. The van der Waals surface area contributed by atoms with E-state index in [0.717, 1.165) is 47.4 Å². The smallest absolute Gasteiger partial charge is 0.408 e. The van der Waals surface area contributed by atoms with Gasteiger partial charge in [-0.1, -0.05) is 0 Å². The Morgan fingerprint density at radius 3 is 2.47 bits per heavy atom. The number of anilines is 1. The van der Waals surface area contributed by atoms with E-state index in [4.69, 9.17) is 0 Å². The molecule has 60 heavy (non-hydrogen) atoms. The molecule has 7 amide bonds. The number of carbonyl (C=O) groups is 7. The van der Waals surface area contributed by atoms with Gasteiger partial charge in [0.2, 0.25) is 29.6 Å². The molecule has 2 aliphatic heterocycles. The van der Waals surface area contributed by atoms with Crippen LogP contribution in [0.25, 0.3) is 11.3 Å². The van der Waals surface area contributed by atoms with Gasteiger partial charge in [-0.25, -0.2) is 19.2 Å². The first-order chi connectivity index (χ1) is 28.9. The Morgan fingerprint density at radius 2 is 1.73 bits per heavy atom. The van der Waals surface area contributed by atoms with Crippen LogP contribution in [0.1, 0.15) is 95.5 Å². The molecular formula is C39H48FN11O8S. The molecule has 5 heterocycles. The fourth-order valence-electron chi connectivity index (χ4n) is 7.92. The van der Waals surface area contributed by atoms with E-state index in [1.54, 1.807) is 10.9 Å². The van der Waals surface area contributed by atoms with Crippen LogP contribution in [0.3, 0.4) is 0 Å². The maximum absolute atomic E-state index is 14.9. The molecule has 2 aliphatic carbocycles. The molecule has 0 radical (unpaired) electrons. The zero-order chi connectivity index (χ0) is 42.5. The van der Waals surface area contributed by atoms with Crippen molar-refractivity contribution >= 4 is 58.8 Å². The number of nitrogens with one attached hydrogen (secondary N) is 5. The van der Waals surface area contributed by atoms with Crippen molar-refractivity contribution in [3.63, 3.8) is 0 Å². The molecule has 1 saturated heterocycles. The summed E-state index contributed by atoms with van der Waals surface area (Å²) in [7, 11) is 1.84. The number of carboxylic acid groups (broad SMARTS) is 1. The highest BCUT2D eigenvalue weighted by Gasteiger charge is 2.46. The van der Waals surface area contributed by atoms with E-state index in [9.17, 15) is 43.1 Å². The number of hydrogen-bond acceptors (Lipinski definition) is 13. The quantitative estimate of drug-likeness (QED) is 0.0792. The van der Waals surface area contributed by atoms with Crippen molar-refractivity contribution < 1.29 is 43.1 Å². The molecule has 6 N–H and O–H groups in total. The van der Waals surface area contributed by atoms with Crippen LogP contribution in [0.15, 0.2) is 17.8 Å². The molecule has 3 aromatic heterocycles. The van der Waals surface area contributed by atoms with Crippen LogP contribution in [0, 0.1) is 11.7 Å². The lowest BCUT2D eigenvalue weighted by Gasteiger charge is -2.35. The normalized spacial score (nSPS) is 20.2. The van der Waals surface area contributed by atoms with Crippen molar-refractivity contribution in [3.8, 4) is 11.3 Å². The van der Waals surface area contributed by atoms with Gasteiger partial charge >= 0.3 is 6.09 Å². The molecular weight excluding hydrogens is 802 g/mol. The Morgan fingerprint density at radius 1 is 0.967 bits per heavy atom. The third kappa shape index (κ3) is 9.78. The highest BCUT2D eigenvalue weighted by molar-refractivity contribution is 7.10. The lowest BCUT2D eigenvalue weighted by Crippen LogP contribution is -2.54. The number of halogens is 1. The van der Waals surface area contributed by atoms with Crippen LogP contribution in [0.2, 0.25) is 0 Å². The Labute approximate surface area is 348 Å². The zero-order valence-electron chi connectivity index (χ0n) is 33.1. The van der Waals surface area contributed by atoms with Gasteiger partial charge in [0.15, 0.2) is 5.82 Å². The fraction of sp³-hybridized carbons (Fsp3) is 0.538. The van der Waals surface area contributed by atoms with Crippen LogP contribution >= 0.6 is 11.3 Å². The molecule has 1 atom stereocenters. The van der Waals surface area contributed by atoms with Crippen molar-refractivity contribution in [2.24, 2.45) is 13.0 Å². The van der Waals surface area contributed by atoms with Gasteiger partial charge in [-0.05, 0) is 76.7 Å².